The van der Waals surface area contributed by atoms with Crippen LogP contribution in [-0.2, 0) is 4.79 Å². The summed E-state index contributed by atoms with van der Waals surface area (Å²) in [6, 6.07) is 10.5. The third-order valence-corrected chi connectivity index (χ3v) is 4.85. The maximum atomic E-state index is 13.2. The zero-order chi connectivity index (χ0) is 20.3. The Kier molecular flexibility index (Phi) is 5.76. The number of amides is 1. The van der Waals surface area contributed by atoms with E-state index in [1.54, 1.807) is 31.2 Å². The highest BCUT2D eigenvalue weighted by atomic mass is 32.1. The fourth-order valence-corrected chi connectivity index (χ4v) is 3.56. The molecule has 7 nitrogen and oxygen atoms in total. The summed E-state index contributed by atoms with van der Waals surface area (Å²) in [4.78, 5) is 15.1. The number of nitrogens with zero attached hydrogens (tertiary/aromatic N) is 3. The number of aromatic nitrogens is 1. The van der Waals surface area contributed by atoms with Gasteiger partial charge in [-0.1, -0.05) is 24.2 Å². The first kappa shape index (κ1) is 19.6. The largest absolute Gasteiger partial charge is 0.360 e. The van der Waals surface area contributed by atoms with E-state index in [1.165, 1.54) is 0 Å². The summed E-state index contributed by atoms with van der Waals surface area (Å²) >= 11 is 5.54. The highest BCUT2D eigenvalue weighted by molar-refractivity contribution is 7.80. The third-order valence-electron chi connectivity index (χ3n) is 4.51. The zero-order valence-electron chi connectivity index (χ0n) is 15.9. The van der Waals surface area contributed by atoms with Crippen LogP contribution in [0.25, 0.3) is 0 Å². The van der Waals surface area contributed by atoms with Gasteiger partial charge in [-0.3, -0.25) is 4.79 Å². The highest BCUT2D eigenvalue weighted by Crippen LogP contribution is 2.32. The summed E-state index contributed by atoms with van der Waals surface area (Å²) in [6.45, 7) is 6.39. The summed E-state index contributed by atoms with van der Waals surface area (Å²) in [5, 5.41) is 19.7. The van der Waals surface area contributed by atoms with E-state index >= 15 is 0 Å². The SMILES string of the molecule is CCCN1C(=S)N[C@H](c2cccc(C#N)c2)C(C(=O)Nc2cc(C)on2)=C1C. The van der Waals surface area contributed by atoms with Crippen LogP contribution in [0.3, 0.4) is 0 Å². The number of nitriles is 1. The van der Waals surface area contributed by atoms with E-state index in [-0.39, 0.29) is 5.91 Å². The lowest BCUT2D eigenvalue weighted by Gasteiger charge is -2.37. The Morgan fingerprint density at radius 3 is 2.86 bits per heavy atom. The smallest absolute Gasteiger partial charge is 0.257 e. The molecule has 144 valence electrons. The molecule has 2 aromatic rings. The number of anilines is 1. The van der Waals surface area contributed by atoms with E-state index < -0.39 is 6.04 Å². The lowest BCUT2D eigenvalue weighted by atomic mass is 9.93. The van der Waals surface area contributed by atoms with E-state index in [1.807, 2.05) is 17.9 Å². The summed E-state index contributed by atoms with van der Waals surface area (Å²) in [5.41, 5.74) is 2.61. The second-order valence-electron chi connectivity index (χ2n) is 6.55. The van der Waals surface area contributed by atoms with Gasteiger partial charge in [-0.25, -0.2) is 0 Å². The van der Waals surface area contributed by atoms with Gasteiger partial charge in [0.05, 0.1) is 23.2 Å². The minimum absolute atomic E-state index is 0.297. The predicted octanol–water partition coefficient (Wildman–Crippen LogP) is 3.41. The van der Waals surface area contributed by atoms with Crippen LogP contribution in [-0.4, -0.2) is 27.6 Å². The van der Waals surface area contributed by atoms with Crippen LogP contribution >= 0.6 is 12.2 Å². The maximum absolute atomic E-state index is 13.2. The molecule has 28 heavy (non-hydrogen) atoms. The minimum atomic E-state index is -0.470. The summed E-state index contributed by atoms with van der Waals surface area (Å²) in [7, 11) is 0. The average Bonchev–Trinajstić information content (AvgIpc) is 3.09. The number of hydrogen-bond acceptors (Lipinski definition) is 5. The molecule has 0 saturated carbocycles. The van der Waals surface area contributed by atoms with Gasteiger partial charge in [-0.05, 0) is 50.2 Å². The Balaban J connectivity index is 2.04. The number of thiocarbonyl (C=S) groups is 1. The minimum Gasteiger partial charge on any atom is -0.360 e. The Morgan fingerprint density at radius 1 is 1.43 bits per heavy atom. The molecule has 1 aromatic carbocycles. The topological polar surface area (TPSA) is 94.2 Å². The van der Waals surface area contributed by atoms with Gasteiger partial charge in [0.25, 0.3) is 5.91 Å². The molecule has 1 atom stereocenters. The van der Waals surface area contributed by atoms with Crippen molar-refractivity contribution in [3.63, 3.8) is 0 Å². The molecule has 2 heterocycles. The molecule has 0 spiro atoms. The molecular formula is C20H21N5O2S. The van der Waals surface area contributed by atoms with Crippen molar-refractivity contribution in [2.75, 3.05) is 11.9 Å². The standard InChI is InChI=1S/C20H21N5O2S/c1-4-8-25-13(3)17(19(26)22-16-9-12(2)27-24-16)18(23-20(25)28)15-7-5-6-14(10-15)11-21/h5-7,9-10,18H,4,8H2,1-3H3,(H,23,28)(H,22,24,26)/t18-/m1/s1. The van der Waals surface area contributed by atoms with Crippen molar-refractivity contribution in [2.24, 2.45) is 0 Å². The van der Waals surface area contributed by atoms with E-state index in [9.17, 15) is 10.1 Å². The summed E-state index contributed by atoms with van der Waals surface area (Å²) in [6.07, 6.45) is 0.880. The highest BCUT2D eigenvalue weighted by Gasteiger charge is 2.34. The molecule has 1 aliphatic rings. The first-order valence-electron chi connectivity index (χ1n) is 8.98. The zero-order valence-corrected chi connectivity index (χ0v) is 16.8. The van der Waals surface area contributed by atoms with E-state index in [0.29, 0.717) is 34.4 Å². The van der Waals surface area contributed by atoms with Crippen LogP contribution < -0.4 is 10.6 Å². The molecule has 1 aromatic heterocycles. The summed E-state index contributed by atoms with van der Waals surface area (Å²) < 4.78 is 5.03. The maximum Gasteiger partial charge on any atom is 0.257 e. The molecular weight excluding hydrogens is 374 g/mol. The number of aryl methyl sites for hydroxylation is 1. The molecule has 2 N–H and O–H groups in total. The van der Waals surface area contributed by atoms with Crippen molar-refractivity contribution < 1.29 is 9.32 Å². The van der Waals surface area contributed by atoms with E-state index in [0.717, 1.165) is 17.7 Å². The molecule has 0 saturated heterocycles. The van der Waals surface area contributed by atoms with Gasteiger partial charge in [-0.2, -0.15) is 5.26 Å². The fourth-order valence-electron chi connectivity index (χ4n) is 3.22. The monoisotopic (exact) mass is 395 g/mol. The van der Waals surface area contributed by atoms with Crippen LogP contribution in [0.5, 0.6) is 0 Å². The molecule has 0 bridgehead atoms. The second kappa shape index (κ2) is 8.23. The summed E-state index contributed by atoms with van der Waals surface area (Å²) in [5.74, 6) is 0.659. The predicted molar refractivity (Wildman–Crippen MR) is 109 cm³/mol. The second-order valence-corrected chi connectivity index (χ2v) is 6.93. The number of carbonyl (C=O) groups is 1. The van der Waals surface area contributed by atoms with Gasteiger partial charge in [-0.15, -0.1) is 0 Å². The fraction of sp³-hybridized carbons (Fsp3) is 0.300. The van der Waals surface area contributed by atoms with Gasteiger partial charge >= 0.3 is 0 Å². The lowest BCUT2D eigenvalue weighted by molar-refractivity contribution is -0.113. The Labute approximate surface area is 169 Å². The number of allylic oxidation sites excluding steroid dienone is 1. The van der Waals surface area contributed by atoms with Crippen LogP contribution in [0.15, 0.2) is 46.1 Å². The van der Waals surface area contributed by atoms with Crippen LogP contribution in [0.1, 0.15) is 43.2 Å². The Bertz CT molecular complexity index is 988. The number of nitrogens with one attached hydrogen (secondary N) is 2. The first-order chi connectivity index (χ1) is 13.4. The molecule has 0 radical (unpaired) electrons. The molecule has 1 amide bonds. The van der Waals surface area contributed by atoms with Gasteiger partial charge in [0, 0.05) is 18.3 Å². The van der Waals surface area contributed by atoms with Gasteiger partial charge in [0.2, 0.25) is 0 Å². The average molecular weight is 395 g/mol. The van der Waals surface area contributed by atoms with Crippen molar-refractivity contribution in [1.82, 2.24) is 15.4 Å². The van der Waals surface area contributed by atoms with Crippen molar-refractivity contribution >= 4 is 29.1 Å². The third kappa shape index (κ3) is 3.89. The van der Waals surface area contributed by atoms with Gasteiger partial charge in [0.15, 0.2) is 10.9 Å². The number of carbonyl (C=O) groups excluding carboxylic acids is 1. The Morgan fingerprint density at radius 2 is 2.21 bits per heavy atom. The van der Waals surface area contributed by atoms with Crippen LogP contribution in [0, 0.1) is 18.3 Å². The molecule has 1 aliphatic heterocycles. The van der Waals surface area contributed by atoms with Crippen LogP contribution in [0.4, 0.5) is 5.82 Å². The molecule has 3 rings (SSSR count). The molecule has 0 unspecified atom stereocenters. The molecule has 8 heteroatoms. The van der Waals surface area contributed by atoms with Crippen molar-refractivity contribution in [1.29, 1.82) is 5.26 Å². The lowest BCUT2D eigenvalue weighted by Crippen LogP contribution is -2.48. The first-order valence-corrected chi connectivity index (χ1v) is 9.39. The normalized spacial score (nSPS) is 16.6. The molecule has 0 fully saturated rings. The van der Waals surface area contributed by atoms with Crippen molar-refractivity contribution in [3.05, 3.63) is 58.5 Å². The quantitative estimate of drug-likeness (QED) is 0.749. The Hall–Kier alpha value is -3.18. The van der Waals surface area contributed by atoms with Gasteiger partial charge in [0.1, 0.15) is 5.76 Å². The van der Waals surface area contributed by atoms with Gasteiger partial charge < -0.3 is 20.1 Å². The van der Waals surface area contributed by atoms with Crippen molar-refractivity contribution in [2.45, 2.75) is 33.2 Å². The molecule has 0 aliphatic carbocycles. The van der Waals surface area contributed by atoms with Crippen LogP contribution in [0.2, 0.25) is 0 Å². The number of benzene rings is 1. The number of hydrogen-bond donors (Lipinski definition) is 2. The van der Waals surface area contributed by atoms with E-state index in [4.69, 9.17) is 16.7 Å². The van der Waals surface area contributed by atoms with E-state index in [2.05, 4.69) is 28.8 Å². The number of rotatable bonds is 5. The van der Waals surface area contributed by atoms with Crippen molar-refractivity contribution in [3.8, 4) is 6.07 Å².